The van der Waals surface area contributed by atoms with Crippen LogP contribution in [0.25, 0.3) is 0 Å². The molecule has 0 amide bonds. The number of carboxylic acid groups (broad SMARTS) is 1. The molecule has 0 saturated carbocycles. The van der Waals surface area contributed by atoms with Gasteiger partial charge in [-0.3, -0.25) is 9.69 Å². The lowest BCUT2D eigenvalue weighted by molar-refractivity contribution is -0.149. The van der Waals surface area contributed by atoms with Crippen molar-refractivity contribution in [1.82, 2.24) is 14.5 Å². The van der Waals surface area contributed by atoms with Crippen molar-refractivity contribution in [3.8, 4) is 0 Å². The van der Waals surface area contributed by atoms with Crippen LogP contribution in [0.2, 0.25) is 0 Å². The van der Waals surface area contributed by atoms with Gasteiger partial charge in [0.15, 0.2) is 0 Å². The number of likely N-dealkylation sites (N-methyl/N-ethyl adjacent to an activating group) is 1. The molecular weight excluding hydrogens is 230 g/mol. The topological polar surface area (TPSA) is 58.4 Å². The second-order valence-corrected chi connectivity index (χ2v) is 5.26. The van der Waals surface area contributed by atoms with Crippen LogP contribution in [0.1, 0.15) is 46.4 Å². The van der Waals surface area contributed by atoms with Crippen LogP contribution in [-0.2, 0) is 11.3 Å². The largest absolute Gasteiger partial charge is 0.480 e. The highest BCUT2D eigenvalue weighted by molar-refractivity contribution is 5.77. The Labute approximate surface area is 108 Å². The minimum Gasteiger partial charge on any atom is -0.480 e. The van der Waals surface area contributed by atoms with Crippen LogP contribution in [0.15, 0.2) is 12.5 Å². The van der Waals surface area contributed by atoms with Crippen LogP contribution in [0.5, 0.6) is 0 Å². The number of hydrogen-bond acceptors (Lipinski definition) is 3. The summed E-state index contributed by atoms with van der Waals surface area (Å²) in [7, 11) is 0. The van der Waals surface area contributed by atoms with Crippen LogP contribution in [-0.4, -0.2) is 37.6 Å². The number of aromatic nitrogens is 2. The van der Waals surface area contributed by atoms with E-state index in [2.05, 4.69) is 23.4 Å². The minimum atomic E-state index is -0.874. The van der Waals surface area contributed by atoms with Crippen molar-refractivity contribution in [2.24, 2.45) is 0 Å². The van der Waals surface area contributed by atoms with Crippen LogP contribution in [0, 0.1) is 0 Å². The summed E-state index contributed by atoms with van der Waals surface area (Å²) >= 11 is 0. The Balaban J connectivity index is 2.93. The monoisotopic (exact) mass is 253 g/mol. The van der Waals surface area contributed by atoms with Crippen molar-refractivity contribution in [1.29, 1.82) is 0 Å². The fourth-order valence-electron chi connectivity index (χ4n) is 1.96. The average Bonchev–Trinajstić information content (AvgIpc) is 2.73. The number of imidazole rings is 1. The SMILES string of the molecule is CCN(Cc1cncn1C(C)C)C(C)(C)C(=O)O. The third kappa shape index (κ3) is 2.90. The van der Waals surface area contributed by atoms with E-state index in [4.69, 9.17) is 0 Å². The van der Waals surface area contributed by atoms with Gasteiger partial charge in [-0.15, -0.1) is 0 Å². The van der Waals surface area contributed by atoms with Gasteiger partial charge >= 0.3 is 5.97 Å². The van der Waals surface area contributed by atoms with E-state index in [-0.39, 0.29) is 0 Å². The van der Waals surface area contributed by atoms with Crippen molar-refractivity contribution in [2.45, 2.75) is 52.7 Å². The Morgan fingerprint density at radius 2 is 2.17 bits per heavy atom. The molecule has 0 spiro atoms. The highest BCUT2D eigenvalue weighted by Crippen LogP contribution is 2.19. The second kappa shape index (κ2) is 5.52. The lowest BCUT2D eigenvalue weighted by Gasteiger charge is -2.34. The molecule has 1 aromatic rings. The van der Waals surface area contributed by atoms with Gasteiger partial charge in [0.05, 0.1) is 12.0 Å². The summed E-state index contributed by atoms with van der Waals surface area (Å²) in [5, 5.41) is 9.29. The molecule has 0 atom stereocenters. The van der Waals surface area contributed by atoms with Gasteiger partial charge in [-0.1, -0.05) is 6.92 Å². The zero-order valence-corrected chi connectivity index (χ0v) is 11.8. The molecule has 1 rings (SSSR count). The molecule has 5 heteroatoms. The Hall–Kier alpha value is -1.36. The van der Waals surface area contributed by atoms with E-state index in [1.807, 2.05) is 11.8 Å². The minimum absolute atomic E-state index is 0.328. The first kappa shape index (κ1) is 14.7. The number of nitrogens with zero attached hydrogens (tertiary/aromatic N) is 3. The normalized spacial score (nSPS) is 12.4. The molecule has 0 aromatic carbocycles. The lowest BCUT2D eigenvalue weighted by Crippen LogP contribution is -2.49. The van der Waals surface area contributed by atoms with Crippen molar-refractivity contribution in [2.75, 3.05) is 6.54 Å². The number of aliphatic carboxylic acids is 1. The first-order chi connectivity index (χ1) is 8.30. The maximum absolute atomic E-state index is 11.3. The summed E-state index contributed by atoms with van der Waals surface area (Å²) in [5.74, 6) is -0.806. The van der Waals surface area contributed by atoms with E-state index in [9.17, 15) is 9.90 Å². The molecule has 1 heterocycles. The molecule has 1 aromatic heterocycles. The van der Waals surface area contributed by atoms with Crippen molar-refractivity contribution < 1.29 is 9.90 Å². The summed E-state index contributed by atoms with van der Waals surface area (Å²) < 4.78 is 2.07. The number of carbonyl (C=O) groups is 1. The van der Waals surface area contributed by atoms with Crippen LogP contribution in [0.3, 0.4) is 0 Å². The molecule has 0 aliphatic rings. The molecule has 18 heavy (non-hydrogen) atoms. The maximum atomic E-state index is 11.3. The summed E-state index contributed by atoms with van der Waals surface area (Å²) in [5.41, 5.74) is 0.169. The van der Waals surface area contributed by atoms with Gasteiger partial charge in [0, 0.05) is 18.8 Å². The van der Waals surface area contributed by atoms with E-state index in [0.717, 1.165) is 5.69 Å². The highest BCUT2D eigenvalue weighted by atomic mass is 16.4. The summed E-state index contributed by atoms with van der Waals surface area (Å²) in [6.45, 7) is 10.9. The van der Waals surface area contributed by atoms with Crippen LogP contribution < -0.4 is 0 Å². The smallest absolute Gasteiger partial charge is 0.323 e. The molecule has 5 nitrogen and oxygen atoms in total. The van der Waals surface area contributed by atoms with Crippen molar-refractivity contribution >= 4 is 5.97 Å². The zero-order valence-electron chi connectivity index (χ0n) is 11.8. The third-order valence-corrected chi connectivity index (χ3v) is 3.35. The summed E-state index contributed by atoms with van der Waals surface area (Å²) in [6, 6.07) is 0.328. The van der Waals surface area contributed by atoms with Gasteiger partial charge in [0.25, 0.3) is 0 Å². The van der Waals surface area contributed by atoms with Crippen LogP contribution in [0.4, 0.5) is 0 Å². The standard InChI is InChI=1S/C13H23N3O2/c1-6-15(13(4,5)12(17)18)8-11-7-14-9-16(11)10(2)3/h7,9-10H,6,8H2,1-5H3,(H,17,18). The molecular formula is C13H23N3O2. The summed E-state index contributed by atoms with van der Waals surface area (Å²) in [6.07, 6.45) is 3.60. The predicted octanol–water partition coefficient (Wildman–Crippen LogP) is 2.15. The molecule has 0 radical (unpaired) electrons. The number of rotatable bonds is 6. The van der Waals surface area contributed by atoms with Gasteiger partial charge in [-0.05, 0) is 34.2 Å². The predicted molar refractivity (Wildman–Crippen MR) is 70.4 cm³/mol. The van der Waals surface area contributed by atoms with Crippen LogP contribution >= 0.6 is 0 Å². The molecule has 1 N–H and O–H groups in total. The zero-order chi connectivity index (χ0) is 13.9. The maximum Gasteiger partial charge on any atom is 0.323 e. The van der Waals surface area contributed by atoms with Crippen molar-refractivity contribution in [3.05, 3.63) is 18.2 Å². The van der Waals surface area contributed by atoms with Crippen molar-refractivity contribution in [3.63, 3.8) is 0 Å². The molecule has 0 saturated heterocycles. The van der Waals surface area contributed by atoms with E-state index in [1.54, 1.807) is 26.4 Å². The Kier molecular flexibility index (Phi) is 4.51. The fourth-order valence-corrected chi connectivity index (χ4v) is 1.96. The molecule has 102 valence electrons. The molecule has 0 unspecified atom stereocenters. The van der Waals surface area contributed by atoms with Gasteiger partial charge in [-0.25, -0.2) is 4.98 Å². The number of hydrogen-bond donors (Lipinski definition) is 1. The Morgan fingerprint density at radius 3 is 2.61 bits per heavy atom. The molecule has 0 bridgehead atoms. The van der Waals surface area contributed by atoms with Gasteiger partial charge in [0.1, 0.15) is 5.54 Å². The summed E-state index contributed by atoms with van der Waals surface area (Å²) in [4.78, 5) is 17.4. The van der Waals surface area contributed by atoms with Gasteiger partial charge in [0.2, 0.25) is 0 Å². The van der Waals surface area contributed by atoms with Gasteiger partial charge < -0.3 is 9.67 Å². The van der Waals surface area contributed by atoms with E-state index < -0.39 is 11.5 Å². The second-order valence-electron chi connectivity index (χ2n) is 5.26. The van der Waals surface area contributed by atoms with E-state index in [0.29, 0.717) is 19.1 Å². The Morgan fingerprint density at radius 1 is 1.56 bits per heavy atom. The molecule has 0 aliphatic carbocycles. The fraction of sp³-hybridized carbons (Fsp3) is 0.692. The molecule has 0 aliphatic heterocycles. The number of carboxylic acids is 1. The quantitative estimate of drug-likeness (QED) is 0.844. The molecule has 0 fully saturated rings. The third-order valence-electron chi connectivity index (χ3n) is 3.35. The average molecular weight is 253 g/mol. The highest BCUT2D eigenvalue weighted by Gasteiger charge is 2.34. The first-order valence-corrected chi connectivity index (χ1v) is 6.29. The lowest BCUT2D eigenvalue weighted by atomic mass is 10.0. The first-order valence-electron chi connectivity index (χ1n) is 6.29. The Bertz CT molecular complexity index is 410. The van der Waals surface area contributed by atoms with Gasteiger partial charge in [-0.2, -0.15) is 0 Å². The van der Waals surface area contributed by atoms with E-state index in [1.165, 1.54) is 0 Å². The van der Waals surface area contributed by atoms with E-state index >= 15 is 0 Å².